The second-order valence-electron chi connectivity index (χ2n) is 3.64. The maximum atomic E-state index is 10.8. The third kappa shape index (κ3) is 4.57. The van der Waals surface area contributed by atoms with Gasteiger partial charge in [-0.3, -0.25) is 4.79 Å². The topological polar surface area (TPSA) is 26.3 Å². The summed E-state index contributed by atoms with van der Waals surface area (Å²) in [5.41, 5.74) is 0. The highest BCUT2D eigenvalue weighted by molar-refractivity contribution is 6.70. The van der Waals surface area contributed by atoms with Crippen LogP contribution in [0.25, 0.3) is 0 Å². The van der Waals surface area contributed by atoms with Gasteiger partial charge in [0.1, 0.15) is 5.03 Å². The van der Waals surface area contributed by atoms with Crippen molar-refractivity contribution < 1.29 is 9.22 Å². The fourth-order valence-electron chi connectivity index (χ4n) is 0.752. The van der Waals surface area contributed by atoms with Crippen LogP contribution in [-0.4, -0.2) is 14.1 Å². The van der Waals surface area contributed by atoms with E-state index in [4.69, 9.17) is 16.0 Å². The smallest absolute Gasteiger partial charge is 0.241 e. The molecule has 2 nitrogen and oxygen atoms in total. The quantitative estimate of drug-likeness (QED) is 0.403. The zero-order chi connectivity index (χ0) is 9.94. The fraction of sp³-hybridized carbons (Fsp3) is 0.625. The number of ketones is 1. The molecule has 70 valence electrons. The minimum atomic E-state index is -1.62. The lowest BCUT2D eigenvalue weighted by Gasteiger charge is -2.19. The lowest BCUT2D eigenvalue weighted by Crippen LogP contribution is -2.24. The Hall–Kier alpha value is -0.283. The number of rotatable bonds is 3. The fourth-order valence-corrected chi connectivity index (χ4v) is 1.88. The van der Waals surface area contributed by atoms with Crippen LogP contribution in [0.4, 0.5) is 0 Å². The van der Waals surface area contributed by atoms with Crippen LogP contribution in [0.1, 0.15) is 13.8 Å². The van der Waals surface area contributed by atoms with Crippen molar-refractivity contribution in [3.63, 3.8) is 0 Å². The summed E-state index contributed by atoms with van der Waals surface area (Å²) in [6, 6.07) is 0. The first-order valence-corrected chi connectivity index (χ1v) is 7.59. The van der Waals surface area contributed by atoms with Gasteiger partial charge in [0.05, 0.1) is 5.76 Å². The molecule has 0 aromatic heterocycles. The van der Waals surface area contributed by atoms with Gasteiger partial charge in [0.15, 0.2) is 5.78 Å². The average Bonchev–Trinajstić information content (AvgIpc) is 1.82. The minimum absolute atomic E-state index is 0.146. The Labute approximate surface area is 79.7 Å². The average molecular weight is 207 g/mol. The maximum absolute atomic E-state index is 10.8. The molecular weight excluding hydrogens is 192 g/mol. The molecule has 0 aliphatic rings. The highest BCUT2D eigenvalue weighted by Crippen LogP contribution is 2.16. The molecule has 0 aliphatic carbocycles. The Morgan fingerprint density at radius 1 is 1.25 bits per heavy atom. The Balaban J connectivity index is 4.49. The number of halogens is 1. The number of carbonyl (C=O) groups excluding carboxylic acids is 1. The van der Waals surface area contributed by atoms with Crippen LogP contribution in [0.3, 0.4) is 0 Å². The van der Waals surface area contributed by atoms with Gasteiger partial charge in [0.2, 0.25) is 8.32 Å². The molecule has 0 amide bonds. The predicted molar refractivity (Wildman–Crippen MR) is 53.7 cm³/mol. The largest absolute Gasteiger partial charge is 0.546 e. The molecule has 0 unspecified atom stereocenters. The van der Waals surface area contributed by atoms with Crippen molar-refractivity contribution in [2.24, 2.45) is 0 Å². The summed E-state index contributed by atoms with van der Waals surface area (Å²) in [6.07, 6.45) is 0. The summed E-state index contributed by atoms with van der Waals surface area (Å²) in [7, 11) is -1.62. The summed E-state index contributed by atoms with van der Waals surface area (Å²) in [4.78, 5) is 10.8. The van der Waals surface area contributed by atoms with Crippen LogP contribution in [0.5, 0.6) is 0 Å². The Morgan fingerprint density at radius 3 is 1.92 bits per heavy atom. The van der Waals surface area contributed by atoms with Gasteiger partial charge in [-0.05, 0) is 26.6 Å². The van der Waals surface area contributed by atoms with E-state index < -0.39 is 8.32 Å². The molecule has 4 heteroatoms. The van der Waals surface area contributed by atoms with Gasteiger partial charge in [0.25, 0.3) is 0 Å². The first-order valence-electron chi connectivity index (χ1n) is 3.80. The maximum Gasteiger partial charge on any atom is 0.241 e. The van der Waals surface area contributed by atoms with Crippen LogP contribution in [0.15, 0.2) is 10.8 Å². The molecule has 12 heavy (non-hydrogen) atoms. The standard InChI is InChI=1S/C8H15ClO2Si/c1-6(10)8(9)7(2)11-12(3,4)5/h1-5H3/b8-7+. The van der Waals surface area contributed by atoms with Gasteiger partial charge in [-0.25, -0.2) is 0 Å². The van der Waals surface area contributed by atoms with Crippen molar-refractivity contribution in [3.05, 3.63) is 10.8 Å². The number of hydrogen-bond donors (Lipinski definition) is 0. The highest BCUT2D eigenvalue weighted by atomic mass is 35.5. The van der Waals surface area contributed by atoms with Gasteiger partial charge < -0.3 is 4.43 Å². The van der Waals surface area contributed by atoms with E-state index in [1.165, 1.54) is 6.92 Å². The van der Waals surface area contributed by atoms with Crippen LogP contribution in [0, 0.1) is 0 Å². The Morgan fingerprint density at radius 2 is 1.67 bits per heavy atom. The van der Waals surface area contributed by atoms with Gasteiger partial charge in [-0.2, -0.15) is 0 Å². The number of allylic oxidation sites excluding steroid dienone is 2. The molecular formula is C8H15ClO2Si. The van der Waals surface area contributed by atoms with E-state index in [0.717, 1.165) is 0 Å². The van der Waals surface area contributed by atoms with Crippen LogP contribution < -0.4 is 0 Å². The molecule has 0 fully saturated rings. The van der Waals surface area contributed by atoms with Crippen LogP contribution >= 0.6 is 11.6 Å². The van der Waals surface area contributed by atoms with E-state index >= 15 is 0 Å². The van der Waals surface area contributed by atoms with Gasteiger partial charge in [-0.15, -0.1) is 0 Å². The molecule has 0 radical (unpaired) electrons. The molecule has 0 spiro atoms. The molecule has 0 aliphatic heterocycles. The zero-order valence-corrected chi connectivity index (χ0v) is 9.95. The molecule has 0 atom stereocenters. The lowest BCUT2D eigenvalue weighted by atomic mass is 10.4. The van der Waals surface area contributed by atoms with Crippen molar-refractivity contribution in [2.75, 3.05) is 0 Å². The van der Waals surface area contributed by atoms with E-state index in [0.29, 0.717) is 5.76 Å². The van der Waals surface area contributed by atoms with E-state index in [-0.39, 0.29) is 10.8 Å². The first kappa shape index (κ1) is 11.7. The van der Waals surface area contributed by atoms with Crippen molar-refractivity contribution in [1.29, 1.82) is 0 Å². The summed E-state index contributed by atoms with van der Waals surface area (Å²) in [5.74, 6) is 0.399. The van der Waals surface area contributed by atoms with E-state index in [2.05, 4.69) is 0 Å². The normalized spacial score (nSPS) is 13.8. The first-order chi connectivity index (χ1) is 5.24. The van der Waals surface area contributed by atoms with Crippen molar-refractivity contribution in [1.82, 2.24) is 0 Å². The highest BCUT2D eigenvalue weighted by Gasteiger charge is 2.18. The van der Waals surface area contributed by atoms with Crippen molar-refractivity contribution in [2.45, 2.75) is 33.5 Å². The third-order valence-electron chi connectivity index (χ3n) is 1.08. The van der Waals surface area contributed by atoms with Gasteiger partial charge in [-0.1, -0.05) is 11.6 Å². The summed E-state index contributed by atoms with van der Waals surface area (Å²) in [6.45, 7) is 9.28. The molecule has 0 heterocycles. The summed E-state index contributed by atoms with van der Waals surface area (Å²) < 4.78 is 5.53. The molecule has 0 bridgehead atoms. The predicted octanol–water partition coefficient (Wildman–Crippen LogP) is 2.90. The summed E-state index contributed by atoms with van der Waals surface area (Å²) >= 11 is 5.70. The van der Waals surface area contributed by atoms with Crippen molar-refractivity contribution >= 4 is 25.7 Å². The summed E-state index contributed by atoms with van der Waals surface area (Å²) in [5, 5.41) is 0.206. The van der Waals surface area contributed by atoms with E-state index in [9.17, 15) is 4.79 Å². The monoisotopic (exact) mass is 206 g/mol. The Kier molecular flexibility index (Phi) is 4.00. The molecule has 0 N–H and O–H groups in total. The second-order valence-corrected chi connectivity index (χ2v) is 8.45. The molecule has 0 saturated heterocycles. The second kappa shape index (κ2) is 4.10. The Bertz CT molecular complexity index is 216. The van der Waals surface area contributed by atoms with Crippen LogP contribution in [-0.2, 0) is 9.22 Å². The van der Waals surface area contributed by atoms with Gasteiger partial charge >= 0.3 is 0 Å². The number of Topliss-reactive ketones (excluding diaryl/α,β-unsaturated/α-hetero) is 1. The SMILES string of the molecule is CC(=O)/C(Cl)=C(/C)O[Si](C)(C)C. The zero-order valence-electron chi connectivity index (χ0n) is 8.19. The lowest BCUT2D eigenvalue weighted by molar-refractivity contribution is -0.113. The molecule has 0 saturated carbocycles. The van der Waals surface area contributed by atoms with E-state index in [1.807, 2.05) is 19.6 Å². The number of carbonyl (C=O) groups is 1. The van der Waals surface area contributed by atoms with Crippen molar-refractivity contribution in [3.8, 4) is 0 Å². The van der Waals surface area contributed by atoms with Gasteiger partial charge in [0, 0.05) is 6.92 Å². The molecule has 0 aromatic rings. The molecule has 0 rings (SSSR count). The number of hydrogen-bond acceptors (Lipinski definition) is 2. The molecule has 0 aromatic carbocycles. The minimum Gasteiger partial charge on any atom is -0.546 e. The third-order valence-corrected chi connectivity index (χ3v) is 2.53. The van der Waals surface area contributed by atoms with Crippen LogP contribution in [0.2, 0.25) is 19.6 Å². The van der Waals surface area contributed by atoms with E-state index in [1.54, 1.807) is 6.92 Å².